The molecule has 0 saturated heterocycles. The summed E-state index contributed by atoms with van der Waals surface area (Å²) in [5.41, 5.74) is 0.833. The van der Waals surface area contributed by atoms with Crippen LogP contribution >= 0.6 is 11.6 Å². The van der Waals surface area contributed by atoms with Crippen molar-refractivity contribution in [2.75, 3.05) is 0 Å². The van der Waals surface area contributed by atoms with Crippen LogP contribution in [0.4, 0.5) is 4.39 Å². The van der Waals surface area contributed by atoms with E-state index in [1.165, 1.54) is 18.2 Å². The van der Waals surface area contributed by atoms with E-state index in [2.05, 4.69) is 0 Å². The van der Waals surface area contributed by atoms with E-state index in [4.69, 9.17) is 16.3 Å². The molecule has 2 aromatic rings. The first-order chi connectivity index (χ1) is 9.10. The molecule has 0 bridgehead atoms. The van der Waals surface area contributed by atoms with E-state index < -0.39 is 11.9 Å². The summed E-state index contributed by atoms with van der Waals surface area (Å²) in [6, 6.07) is 11.0. The van der Waals surface area contributed by atoms with Gasteiger partial charge in [-0.15, -0.1) is 0 Å². The van der Waals surface area contributed by atoms with Crippen LogP contribution in [-0.4, -0.2) is 5.11 Å². The molecule has 100 valence electrons. The fraction of sp³-hybridized carbons (Fsp3) is 0.200. The van der Waals surface area contributed by atoms with Crippen molar-refractivity contribution in [3.63, 3.8) is 0 Å². The summed E-state index contributed by atoms with van der Waals surface area (Å²) in [6.07, 6.45) is 0.188. The molecule has 0 aromatic heterocycles. The summed E-state index contributed by atoms with van der Waals surface area (Å²) in [5.74, 6) is 0.575. The molecule has 4 heteroatoms. The van der Waals surface area contributed by atoms with Gasteiger partial charge in [0, 0.05) is 0 Å². The van der Waals surface area contributed by atoms with Crippen molar-refractivity contribution < 1.29 is 14.2 Å². The molecule has 2 aromatic carbocycles. The van der Waals surface area contributed by atoms with Crippen molar-refractivity contribution in [1.29, 1.82) is 0 Å². The van der Waals surface area contributed by atoms with E-state index in [9.17, 15) is 9.50 Å². The molecule has 0 aliphatic carbocycles. The van der Waals surface area contributed by atoms with Gasteiger partial charge in [0.2, 0.25) is 0 Å². The molecule has 0 radical (unpaired) electrons. The average molecular weight is 281 g/mol. The Kier molecular flexibility index (Phi) is 4.40. The van der Waals surface area contributed by atoms with Gasteiger partial charge >= 0.3 is 0 Å². The second-order valence-electron chi connectivity index (χ2n) is 4.17. The van der Waals surface area contributed by atoms with Crippen molar-refractivity contribution in [2.24, 2.45) is 0 Å². The lowest BCUT2D eigenvalue weighted by atomic mass is 10.1. The number of benzene rings is 2. The molecule has 0 saturated carbocycles. The van der Waals surface area contributed by atoms with Crippen LogP contribution < -0.4 is 4.74 Å². The smallest absolute Gasteiger partial charge is 0.146 e. The highest BCUT2D eigenvalue weighted by Crippen LogP contribution is 2.30. The lowest BCUT2D eigenvalue weighted by molar-refractivity contribution is 0.173. The number of halogens is 2. The maximum Gasteiger partial charge on any atom is 0.146 e. The Labute approximate surface area is 116 Å². The summed E-state index contributed by atoms with van der Waals surface area (Å²) in [7, 11) is 0. The minimum atomic E-state index is -0.469. The van der Waals surface area contributed by atoms with Gasteiger partial charge in [-0.3, -0.25) is 0 Å². The molecule has 0 amide bonds. The Bertz CT molecular complexity index is 555. The van der Waals surface area contributed by atoms with E-state index in [0.29, 0.717) is 17.9 Å². The van der Waals surface area contributed by atoms with Crippen molar-refractivity contribution in [2.45, 2.75) is 19.4 Å². The molecule has 0 spiro atoms. The van der Waals surface area contributed by atoms with Crippen molar-refractivity contribution >= 4 is 11.6 Å². The second kappa shape index (κ2) is 6.04. The first kappa shape index (κ1) is 13.8. The zero-order chi connectivity index (χ0) is 13.8. The SMILES string of the molecule is CC[C@H](O)c1ccc(Oc2ccc(F)cc2Cl)cc1. The number of aliphatic hydroxyl groups is 1. The largest absolute Gasteiger partial charge is 0.456 e. The predicted octanol–water partition coefficient (Wildman–Crippen LogP) is 4.71. The van der Waals surface area contributed by atoms with Crippen molar-refractivity contribution in [3.05, 3.63) is 58.9 Å². The first-order valence-electron chi connectivity index (χ1n) is 6.01. The lowest BCUT2D eigenvalue weighted by Crippen LogP contribution is -1.94. The highest BCUT2D eigenvalue weighted by Gasteiger charge is 2.07. The molecular weight excluding hydrogens is 267 g/mol. The van der Waals surface area contributed by atoms with E-state index in [0.717, 1.165) is 5.56 Å². The van der Waals surface area contributed by atoms with E-state index in [1.807, 2.05) is 6.92 Å². The summed E-state index contributed by atoms with van der Waals surface area (Å²) >= 11 is 5.88. The Hall–Kier alpha value is -1.58. The van der Waals surface area contributed by atoms with Gasteiger partial charge in [-0.25, -0.2) is 4.39 Å². The normalized spacial score (nSPS) is 12.2. The number of hydrogen-bond acceptors (Lipinski definition) is 2. The number of aliphatic hydroxyl groups excluding tert-OH is 1. The van der Waals surface area contributed by atoms with E-state index in [-0.39, 0.29) is 5.02 Å². The highest BCUT2D eigenvalue weighted by molar-refractivity contribution is 6.32. The van der Waals surface area contributed by atoms with E-state index in [1.54, 1.807) is 24.3 Å². The van der Waals surface area contributed by atoms with Gasteiger partial charge in [0.25, 0.3) is 0 Å². The van der Waals surface area contributed by atoms with Crippen LogP contribution in [0.5, 0.6) is 11.5 Å². The third kappa shape index (κ3) is 3.46. The van der Waals surface area contributed by atoms with Crippen LogP contribution in [0.3, 0.4) is 0 Å². The fourth-order valence-corrected chi connectivity index (χ4v) is 1.88. The maximum atomic E-state index is 12.9. The number of hydrogen-bond donors (Lipinski definition) is 1. The summed E-state index contributed by atoms with van der Waals surface area (Å²) in [6.45, 7) is 1.91. The molecule has 0 fully saturated rings. The lowest BCUT2D eigenvalue weighted by Gasteiger charge is -2.10. The van der Waals surface area contributed by atoms with E-state index >= 15 is 0 Å². The zero-order valence-corrected chi connectivity index (χ0v) is 11.2. The maximum absolute atomic E-state index is 12.9. The molecule has 19 heavy (non-hydrogen) atoms. The van der Waals surface area contributed by atoms with Crippen molar-refractivity contribution in [3.8, 4) is 11.5 Å². The monoisotopic (exact) mass is 280 g/mol. The van der Waals surface area contributed by atoms with Gasteiger partial charge in [-0.05, 0) is 42.3 Å². The number of rotatable bonds is 4. The highest BCUT2D eigenvalue weighted by atomic mass is 35.5. The van der Waals surface area contributed by atoms with Gasteiger partial charge < -0.3 is 9.84 Å². The molecule has 1 N–H and O–H groups in total. The first-order valence-corrected chi connectivity index (χ1v) is 6.39. The minimum absolute atomic E-state index is 0.220. The minimum Gasteiger partial charge on any atom is -0.456 e. The molecule has 2 rings (SSSR count). The summed E-state index contributed by atoms with van der Waals surface area (Å²) < 4.78 is 18.5. The Morgan fingerprint density at radius 1 is 1.21 bits per heavy atom. The molecule has 2 nitrogen and oxygen atoms in total. The molecule has 0 heterocycles. The van der Waals surface area contributed by atoms with Gasteiger partial charge in [-0.1, -0.05) is 30.7 Å². The Morgan fingerprint density at radius 2 is 1.89 bits per heavy atom. The Balaban J connectivity index is 2.15. The van der Waals surface area contributed by atoms with Crippen LogP contribution in [0.15, 0.2) is 42.5 Å². The average Bonchev–Trinajstić information content (AvgIpc) is 2.42. The number of ether oxygens (including phenoxy) is 1. The molecule has 1 atom stereocenters. The van der Waals surface area contributed by atoms with Gasteiger partial charge in [0.05, 0.1) is 11.1 Å². The quantitative estimate of drug-likeness (QED) is 0.878. The molecule has 0 unspecified atom stereocenters. The fourth-order valence-electron chi connectivity index (χ4n) is 1.68. The van der Waals surface area contributed by atoms with Gasteiger partial charge in [-0.2, -0.15) is 0 Å². The predicted molar refractivity (Wildman–Crippen MR) is 73.2 cm³/mol. The molecular formula is C15H14ClFO2. The van der Waals surface area contributed by atoms with Gasteiger partial charge in [0.15, 0.2) is 0 Å². The third-order valence-electron chi connectivity index (χ3n) is 2.77. The summed E-state index contributed by atoms with van der Waals surface area (Å²) in [4.78, 5) is 0. The zero-order valence-electron chi connectivity index (χ0n) is 10.4. The van der Waals surface area contributed by atoms with Crippen LogP contribution in [-0.2, 0) is 0 Å². The van der Waals surface area contributed by atoms with Crippen molar-refractivity contribution in [1.82, 2.24) is 0 Å². The summed E-state index contributed by atoms with van der Waals surface area (Å²) in [5, 5.41) is 9.90. The van der Waals surface area contributed by atoms with Gasteiger partial charge in [0.1, 0.15) is 17.3 Å². The molecule has 0 aliphatic rings. The topological polar surface area (TPSA) is 29.5 Å². The van der Waals surface area contributed by atoms with Crippen LogP contribution in [0.2, 0.25) is 5.02 Å². The standard InChI is InChI=1S/C15H14ClFO2/c1-2-14(18)10-3-6-12(7-4-10)19-15-8-5-11(17)9-13(15)16/h3-9,14,18H,2H2,1H3/t14-/m0/s1. The van der Waals surface area contributed by atoms with Crippen LogP contribution in [0.25, 0.3) is 0 Å². The third-order valence-corrected chi connectivity index (χ3v) is 3.07. The second-order valence-corrected chi connectivity index (χ2v) is 4.58. The Morgan fingerprint density at radius 3 is 2.47 bits per heavy atom. The van der Waals surface area contributed by atoms with Crippen LogP contribution in [0.1, 0.15) is 25.0 Å². The molecule has 0 aliphatic heterocycles. The van der Waals surface area contributed by atoms with Crippen LogP contribution in [0, 0.1) is 5.82 Å².